The van der Waals surface area contributed by atoms with E-state index in [4.69, 9.17) is 0 Å². The Morgan fingerprint density at radius 1 is 1.09 bits per heavy atom. The number of carboxylic acid groups (broad SMARTS) is 1. The van der Waals surface area contributed by atoms with Crippen LogP contribution in [0.15, 0.2) is 59.7 Å². The second kappa shape index (κ2) is 9.96. The zero-order valence-corrected chi connectivity index (χ0v) is 19.1. The molecule has 2 aromatic carbocycles. The van der Waals surface area contributed by atoms with Crippen LogP contribution >= 0.6 is 0 Å². The van der Waals surface area contributed by atoms with Gasteiger partial charge in [0.1, 0.15) is 5.52 Å². The number of aliphatic carboxylic acids is 1. The fourth-order valence-corrected chi connectivity index (χ4v) is 4.03. The molecule has 4 aromatic rings. The fourth-order valence-electron chi connectivity index (χ4n) is 4.03. The molecule has 0 spiro atoms. The summed E-state index contributed by atoms with van der Waals surface area (Å²) in [5.74, 6) is -2.12. The first kappa shape index (κ1) is 23.3. The fraction of sp³-hybridized carbons (Fsp3) is 0.320. The van der Waals surface area contributed by atoms with Gasteiger partial charge in [-0.05, 0) is 55.0 Å². The number of nitrogens with zero attached hydrogens (tertiary/aromatic N) is 5. The first-order valence-electron chi connectivity index (χ1n) is 11.1. The van der Waals surface area contributed by atoms with Crippen LogP contribution < -0.4 is 5.56 Å². The van der Waals surface area contributed by atoms with Crippen LogP contribution in [0.2, 0.25) is 0 Å². The van der Waals surface area contributed by atoms with Crippen molar-refractivity contribution in [3.05, 3.63) is 76.3 Å². The van der Waals surface area contributed by atoms with Crippen molar-refractivity contribution in [1.82, 2.24) is 24.8 Å². The van der Waals surface area contributed by atoms with Crippen molar-refractivity contribution in [2.45, 2.75) is 38.8 Å². The first-order valence-corrected chi connectivity index (χ1v) is 11.1. The van der Waals surface area contributed by atoms with Gasteiger partial charge in [0.05, 0.1) is 23.6 Å². The van der Waals surface area contributed by atoms with Gasteiger partial charge in [-0.15, -0.1) is 5.10 Å². The highest BCUT2D eigenvalue weighted by atomic mass is 16.4. The summed E-state index contributed by atoms with van der Waals surface area (Å²) < 4.78 is 2.90. The number of hydrogen-bond donors (Lipinski definition) is 2. The molecule has 0 aliphatic rings. The summed E-state index contributed by atoms with van der Waals surface area (Å²) in [6.07, 6.45) is 3.57. The Hall–Kier alpha value is -3.85. The van der Waals surface area contributed by atoms with Crippen molar-refractivity contribution in [2.24, 2.45) is 13.0 Å². The van der Waals surface area contributed by atoms with E-state index in [2.05, 4.69) is 15.4 Å². The number of aryl methyl sites for hydroxylation is 4. The van der Waals surface area contributed by atoms with Gasteiger partial charge in [-0.1, -0.05) is 35.5 Å². The third kappa shape index (κ3) is 5.20. The Morgan fingerprint density at radius 3 is 2.53 bits per heavy atom. The topological polar surface area (TPSA) is 123 Å². The van der Waals surface area contributed by atoms with Gasteiger partial charge in [-0.3, -0.25) is 14.3 Å². The third-order valence-electron chi connectivity index (χ3n) is 6.03. The summed E-state index contributed by atoms with van der Waals surface area (Å²) >= 11 is 0. The lowest BCUT2D eigenvalue weighted by Crippen LogP contribution is -2.32. The quantitative estimate of drug-likeness (QED) is 0.393. The second-order valence-corrected chi connectivity index (χ2v) is 8.58. The van der Waals surface area contributed by atoms with E-state index >= 15 is 0 Å². The molecule has 0 saturated heterocycles. The number of hydrogen-bond acceptors (Lipinski definition) is 6. The van der Waals surface area contributed by atoms with Crippen LogP contribution in [0.5, 0.6) is 0 Å². The largest absolute Gasteiger partial charge is 0.481 e. The summed E-state index contributed by atoms with van der Waals surface area (Å²) in [5, 5.41) is 32.9. The van der Waals surface area contributed by atoms with Gasteiger partial charge in [0.2, 0.25) is 0 Å². The van der Waals surface area contributed by atoms with Crippen LogP contribution in [0.4, 0.5) is 0 Å². The minimum atomic E-state index is -1.10. The molecular formula is C25H27N5O4. The minimum absolute atomic E-state index is 0.0590. The summed E-state index contributed by atoms with van der Waals surface area (Å²) in [7, 11) is 1.86. The average molecular weight is 462 g/mol. The van der Waals surface area contributed by atoms with Crippen LogP contribution in [0.25, 0.3) is 22.0 Å². The van der Waals surface area contributed by atoms with Crippen LogP contribution in [0.3, 0.4) is 0 Å². The maximum Gasteiger partial charge on any atom is 0.309 e. The van der Waals surface area contributed by atoms with Crippen LogP contribution in [0.1, 0.15) is 24.0 Å². The number of carbonyl (C=O) groups is 1. The van der Waals surface area contributed by atoms with E-state index < -0.39 is 18.0 Å². The van der Waals surface area contributed by atoms with Crippen LogP contribution in [-0.2, 0) is 24.8 Å². The van der Waals surface area contributed by atoms with Gasteiger partial charge in [0.15, 0.2) is 0 Å². The van der Waals surface area contributed by atoms with E-state index in [-0.39, 0.29) is 18.5 Å². The molecule has 0 aliphatic heterocycles. The molecule has 4 rings (SSSR count). The molecule has 0 radical (unpaired) electrons. The van der Waals surface area contributed by atoms with Gasteiger partial charge < -0.3 is 10.2 Å². The highest BCUT2D eigenvalue weighted by molar-refractivity contribution is 5.77. The number of aromatic nitrogens is 5. The molecule has 2 N–H and O–H groups in total. The molecule has 9 nitrogen and oxygen atoms in total. The van der Waals surface area contributed by atoms with Crippen LogP contribution in [-0.4, -0.2) is 47.1 Å². The van der Waals surface area contributed by atoms with Crippen molar-refractivity contribution < 1.29 is 15.0 Å². The van der Waals surface area contributed by atoms with Crippen molar-refractivity contribution >= 4 is 16.9 Å². The van der Waals surface area contributed by atoms with E-state index in [1.165, 1.54) is 0 Å². The number of carboxylic acids is 1. The highest BCUT2D eigenvalue weighted by Crippen LogP contribution is 2.21. The Balaban J connectivity index is 1.38. The lowest BCUT2D eigenvalue weighted by atomic mass is 9.93. The molecule has 0 amide bonds. The van der Waals surface area contributed by atoms with Crippen molar-refractivity contribution in [3.63, 3.8) is 0 Å². The number of aliphatic hydroxyl groups is 1. The Kier molecular flexibility index (Phi) is 6.83. The summed E-state index contributed by atoms with van der Waals surface area (Å²) in [5.41, 5.74) is 4.21. The van der Waals surface area contributed by atoms with E-state index in [0.29, 0.717) is 23.7 Å². The molecule has 0 fully saturated rings. The number of fused-ring (bicyclic) bond motifs is 1. The Morgan fingerprint density at radius 2 is 1.85 bits per heavy atom. The van der Waals surface area contributed by atoms with E-state index in [1.807, 2.05) is 50.5 Å². The van der Waals surface area contributed by atoms with Crippen molar-refractivity contribution in [1.29, 1.82) is 0 Å². The highest BCUT2D eigenvalue weighted by Gasteiger charge is 2.26. The molecule has 9 heteroatoms. The second-order valence-electron chi connectivity index (χ2n) is 8.58. The predicted octanol–water partition coefficient (Wildman–Crippen LogP) is 2.59. The zero-order valence-electron chi connectivity index (χ0n) is 19.1. The maximum atomic E-state index is 12.7. The summed E-state index contributed by atoms with van der Waals surface area (Å²) in [6.45, 7) is 1.96. The van der Waals surface area contributed by atoms with Crippen molar-refractivity contribution in [3.8, 4) is 11.1 Å². The lowest BCUT2D eigenvalue weighted by Gasteiger charge is -2.19. The normalized spacial score (nSPS) is 13.1. The van der Waals surface area contributed by atoms with Gasteiger partial charge in [-0.25, -0.2) is 4.68 Å². The molecule has 34 heavy (non-hydrogen) atoms. The smallest absolute Gasteiger partial charge is 0.309 e. The van der Waals surface area contributed by atoms with Gasteiger partial charge in [-0.2, -0.15) is 5.10 Å². The molecule has 2 atom stereocenters. The monoisotopic (exact) mass is 461 g/mol. The predicted molar refractivity (Wildman–Crippen MR) is 127 cm³/mol. The molecule has 2 aromatic heterocycles. The zero-order chi connectivity index (χ0) is 24.2. The minimum Gasteiger partial charge on any atom is -0.481 e. The molecule has 2 heterocycles. The maximum absolute atomic E-state index is 12.7. The van der Waals surface area contributed by atoms with Gasteiger partial charge >= 0.3 is 5.97 Å². The summed E-state index contributed by atoms with van der Waals surface area (Å²) in [6, 6.07) is 13.2. The third-order valence-corrected chi connectivity index (χ3v) is 6.03. The number of benzene rings is 2. The molecule has 0 aliphatic carbocycles. The Bertz CT molecular complexity index is 1360. The average Bonchev–Trinajstić information content (AvgIpc) is 3.25. The van der Waals surface area contributed by atoms with E-state index in [1.54, 1.807) is 23.0 Å². The van der Waals surface area contributed by atoms with E-state index in [0.717, 1.165) is 26.9 Å². The molecule has 176 valence electrons. The van der Waals surface area contributed by atoms with Gasteiger partial charge in [0, 0.05) is 25.4 Å². The number of aliphatic hydroxyl groups excluding tert-OH is 1. The van der Waals surface area contributed by atoms with Gasteiger partial charge in [0.25, 0.3) is 5.56 Å². The first-order chi connectivity index (χ1) is 16.3. The van der Waals surface area contributed by atoms with Crippen LogP contribution in [0, 0.1) is 12.8 Å². The Labute approximate surface area is 196 Å². The SMILES string of the molecule is Cc1ccc2c(=O)n(CCC(C(=O)O)[C@H](O)CCc3ccc(-c4cnn(C)c4)cc3)nnc2c1. The standard InChI is InChI=1S/C25H27N5O4/c1-16-3-9-20-22(13-16)27-28-30(24(20)32)12-11-21(25(33)34)23(31)10-6-17-4-7-18(8-5-17)19-14-26-29(2)15-19/h3-5,7-9,13-15,21,23,31H,6,10-12H2,1-2H3,(H,33,34)/t21?,23-/m1/s1. The number of rotatable bonds is 9. The molecular weight excluding hydrogens is 434 g/mol. The van der Waals surface area contributed by atoms with Crippen molar-refractivity contribution in [2.75, 3.05) is 0 Å². The molecule has 0 bridgehead atoms. The lowest BCUT2D eigenvalue weighted by molar-refractivity contribution is -0.146. The molecule has 0 saturated carbocycles. The molecule has 1 unspecified atom stereocenters. The summed E-state index contributed by atoms with van der Waals surface area (Å²) in [4.78, 5) is 24.5. The van der Waals surface area contributed by atoms with E-state index in [9.17, 15) is 19.8 Å².